The lowest BCUT2D eigenvalue weighted by molar-refractivity contribution is 0.340. The van der Waals surface area contributed by atoms with Crippen molar-refractivity contribution in [2.75, 3.05) is 32.8 Å². The second kappa shape index (κ2) is 10.3. The third kappa shape index (κ3) is 4.67. The van der Waals surface area contributed by atoms with Crippen molar-refractivity contribution in [3.05, 3.63) is 40.2 Å². The second-order valence-electron chi connectivity index (χ2n) is 9.54. The standard InChI is InChI=1S/C25H34N6O4S/c1-3-35-21-16-19(36(33,34)30-14-7-12-26-13-15-30)10-11-20(21)22-28-23-17(2)27-24(31(23)25(32)29-22)18-8-5-4-6-9-18/h10-11,16,18,26H,3-9,12-15H2,1-2H3,(H,28,29,32). The summed E-state index contributed by atoms with van der Waals surface area (Å²) in [5, 5.41) is 3.23. The van der Waals surface area contributed by atoms with Crippen LogP contribution < -0.4 is 15.7 Å². The molecule has 1 aliphatic carbocycles. The molecule has 2 fully saturated rings. The number of nitrogens with zero attached hydrogens (tertiary/aromatic N) is 4. The van der Waals surface area contributed by atoms with E-state index in [1.807, 2.05) is 13.8 Å². The third-order valence-corrected chi connectivity index (χ3v) is 9.00. The number of ether oxygens (including phenoxy) is 1. The number of hydrogen-bond acceptors (Lipinski definition) is 7. The van der Waals surface area contributed by atoms with Crippen molar-refractivity contribution in [3.63, 3.8) is 0 Å². The fraction of sp³-hybridized carbons (Fsp3) is 0.560. The van der Waals surface area contributed by atoms with Gasteiger partial charge in [0.25, 0.3) is 0 Å². The molecule has 10 nitrogen and oxygen atoms in total. The molecule has 1 aliphatic heterocycles. The van der Waals surface area contributed by atoms with Gasteiger partial charge in [0, 0.05) is 31.6 Å². The van der Waals surface area contributed by atoms with Crippen LogP contribution in [-0.4, -0.2) is 64.9 Å². The summed E-state index contributed by atoms with van der Waals surface area (Å²) in [6, 6.07) is 4.76. The average Bonchev–Trinajstić information content (AvgIpc) is 3.04. The molecular formula is C25H34N6O4S. The fourth-order valence-corrected chi connectivity index (χ4v) is 6.77. The van der Waals surface area contributed by atoms with Gasteiger partial charge in [0.2, 0.25) is 10.0 Å². The summed E-state index contributed by atoms with van der Waals surface area (Å²) in [5.41, 5.74) is 1.46. The molecule has 36 heavy (non-hydrogen) atoms. The van der Waals surface area contributed by atoms with Crippen molar-refractivity contribution < 1.29 is 13.2 Å². The van der Waals surface area contributed by atoms with E-state index in [0.717, 1.165) is 44.5 Å². The molecule has 3 aromatic rings. The monoisotopic (exact) mass is 514 g/mol. The molecule has 0 amide bonds. The van der Waals surface area contributed by atoms with Crippen LogP contribution in [0.1, 0.15) is 62.9 Å². The molecule has 2 N–H and O–H groups in total. The number of aromatic amines is 1. The predicted octanol–water partition coefficient (Wildman–Crippen LogP) is 2.82. The van der Waals surface area contributed by atoms with E-state index in [0.29, 0.717) is 54.7 Å². The number of fused-ring (bicyclic) bond motifs is 1. The zero-order valence-electron chi connectivity index (χ0n) is 20.9. The lowest BCUT2D eigenvalue weighted by Gasteiger charge is -2.21. The van der Waals surface area contributed by atoms with Crippen molar-refractivity contribution in [3.8, 4) is 17.1 Å². The largest absolute Gasteiger partial charge is 0.493 e. The number of rotatable bonds is 6. The van der Waals surface area contributed by atoms with Gasteiger partial charge in [-0.2, -0.15) is 4.31 Å². The number of aromatic nitrogens is 4. The highest BCUT2D eigenvalue weighted by molar-refractivity contribution is 7.89. The molecule has 1 saturated heterocycles. The Morgan fingerprint density at radius 2 is 1.89 bits per heavy atom. The lowest BCUT2D eigenvalue weighted by atomic mass is 9.89. The Balaban J connectivity index is 1.56. The van der Waals surface area contributed by atoms with E-state index in [1.165, 1.54) is 16.8 Å². The summed E-state index contributed by atoms with van der Waals surface area (Å²) in [6.45, 7) is 6.35. The van der Waals surface area contributed by atoms with Gasteiger partial charge in [0.05, 0.1) is 22.8 Å². The summed E-state index contributed by atoms with van der Waals surface area (Å²) in [7, 11) is -3.68. The minimum Gasteiger partial charge on any atom is -0.493 e. The Morgan fingerprint density at radius 1 is 1.08 bits per heavy atom. The molecule has 0 radical (unpaired) electrons. The molecule has 3 heterocycles. The van der Waals surface area contributed by atoms with E-state index in [4.69, 9.17) is 14.7 Å². The first-order valence-electron chi connectivity index (χ1n) is 12.9. The molecule has 5 rings (SSSR count). The molecule has 2 aromatic heterocycles. The third-order valence-electron chi connectivity index (χ3n) is 7.11. The topological polar surface area (TPSA) is 122 Å². The van der Waals surface area contributed by atoms with Gasteiger partial charge in [0.1, 0.15) is 17.4 Å². The average molecular weight is 515 g/mol. The van der Waals surface area contributed by atoms with Crippen LogP contribution in [-0.2, 0) is 10.0 Å². The molecule has 11 heteroatoms. The van der Waals surface area contributed by atoms with Gasteiger partial charge >= 0.3 is 5.69 Å². The maximum atomic E-state index is 13.3. The second-order valence-corrected chi connectivity index (χ2v) is 11.5. The highest BCUT2D eigenvalue weighted by Crippen LogP contribution is 2.34. The van der Waals surface area contributed by atoms with Gasteiger partial charge in [-0.05, 0) is 51.8 Å². The zero-order chi connectivity index (χ0) is 25.3. The van der Waals surface area contributed by atoms with Gasteiger partial charge in [-0.3, -0.25) is 4.98 Å². The normalized spacial score (nSPS) is 18.4. The predicted molar refractivity (Wildman–Crippen MR) is 137 cm³/mol. The van der Waals surface area contributed by atoms with Crippen molar-refractivity contribution in [1.82, 2.24) is 29.0 Å². The van der Waals surface area contributed by atoms with Crippen LogP contribution in [0.3, 0.4) is 0 Å². The highest BCUT2D eigenvalue weighted by atomic mass is 32.2. The maximum absolute atomic E-state index is 13.3. The number of benzene rings is 1. The Kier molecular flexibility index (Phi) is 7.14. The number of imidazole rings is 1. The van der Waals surface area contributed by atoms with Crippen LogP contribution in [0.2, 0.25) is 0 Å². The molecule has 1 saturated carbocycles. The number of nitrogens with one attached hydrogen (secondary N) is 2. The molecule has 0 unspecified atom stereocenters. The Bertz CT molecular complexity index is 1400. The van der Waals surface area contributed by atoms with Gasteiger partial charge in [0.15, 0.2) is 5.65 Å². The number of H-pyrrole nitrogens is 1. The van der Waals surface area contributed by atoms with Crippen LogP contribution in [0.4, 0.5) is 0 Å². The molecule has 0 spiro atoms. The summed E-state index contributed by atoms with van der Waals surface area (Å²) in [6.07, 6.45) is 6.31. The van der Waals surface area contributed by atoms with Crippen LogP contribution in [0.25, 0.3) is 17.0 Å². The maximum Gasteiger partial charge on any atom is 0.334 e. The highest BCUT2D eigenvalue weighted by Gasteiger charge is 2.28. The van der Waals surface area contributed by atoms with Gasteiger partial charge < -0.3 is 10.1 Å². The van der Waals surface area contributed by atoms with Crippen LogP contribution in [0, 0.1) is 6.92 Å². The first kappa shape index (κ1) is 24.9. The summed E-state index contributed by atoms with van der Waals surface area (Å²) in [4.78, 5) is 25.8. The molecule has 194 valence electrons. The molecule has 0 atom stereocenters. The SMILES string of the molecule is CCOc1cc(S(=O)(=O)N2CCCNCC2)ccc1-c1nc2c(C)nc(C3CCCCC3)n2c(=O)[nH]1. The molecule has 2 aliphatic rings. The van der Waals surface area contributed by atoms with Crippen LogP contribution >= 0.6 is 0 Å². The Hall–Kier alpha value is -2.76. The van der Waals surface area contributed by atoms with Crippen LogP contribution in [0.15, 0.2) is 27.9 Å². The fourth-order valence-electron chi connectivity index (χ4n) is 5.27. The van der Waals surface area contributed by atoms with Crippen molar-refractivity contribution in [2.45, 2.75) is 63.2 Å². The number of aryl methyl sites for hydroxylation is 1. The van der Waals surface area contributed by atoms with Crippen molar-refractivity contribution >= 4 is 15.7 Å². The summed E-state index contributed by atoms with van der Waals surface area (Å²) < 4.78 is 35.6. The van der Waals surface area contributed by atoms with Crippen molar-refractivity contribution in [2.24, 2.45) is 0 Å². The van der Waals surface area contributed by atoms with E-state index < -0.39 is 10.0 Å². The zero-order valence-corrected chi connectivity index (χ0v) is 21.7. The minimum atomic E-state index is -3.68. The van der Waals surface area contributed by atoms with Gasteiger partial charge in [-0.1, -0.05) is 19.3 Å². The number of sulfonamides is 1. The quantitative estimate of drug-likeness (QED) is 0.519. The van der Waals surface area contributed by atoms with Crippen molar-refractivity contribution in [1.29, 1.82) is 0 Å². The first-order valence-corrected chi connectivity index (χ1v) is 14.3. The molecule has 0 bridgehead atoms. The lowest BCUT2D eigenvalue weighted by Crippen LogP contribution is -2.34. The van der Waals surface area contributed by atoms with Gasteiger partial charge in [-0.15, -0.1) is 0 Å². The molecular weight excluding hydrogens is 480 g/mol. The number of hydrogen-bond donors (Lipinski definition) is 2. The van der Waals surface area contributed by atoms with Crippen LogP contribution in [0.5, 0.6) is 5.75 Å². The Labute approximate surface area is 211 Å². The van der Waals surface area contributed by atoms with E-state index in [-0.39, 0.29) is 16.5 Å². The van der Waals surface area contributed by atoms with E-state index >= 15 is 0 Å². The molecule has 1 aromatic carbocycles. The first-order chi connectivity index (χ1) is 17.4. The minimum absolute atomic E-state index is 0.167. The summed E-state index contributed by atoms with van der Waals surface area (Å²) in [5.74, 6) is 1.73. The van der Waals surface area contributed by atoms with E-state index in [9.17, 15) is 13.2 Å². The summed E-state index contributed by atoms with van der Waals surface area (Å²) >= 11 is 0. The van der Waals surface area contributed by atoms with Gasteiger partial charge in [-0.25, -0.2) is 27.6 Å². The van der Waals surface area contributed by atoms with E-state index in [1.54, 1.807) is 16.5 Å². The Morgan fingerprint density at radius 3 is 2.67 bits per heavy atom. The smallest absolute Gasteiger partial charge is 0.334 e. The van der Waals surface area contributed by atoms with E-state index in [2.05, 4.69) is 10.3 Å².